The van der Waals surface area contributed by atoms with Gasteiger partial charge in [0.1, 0.15) is 5.82 Å². The Hall–Kier alpha value is -3.74. The van der Waals surface area contributed by atoms with E-state index in [2.05, 4.69) is 20.9 Å². The SMILES string of the molecule is CC(=O)Nc1ccc(NC(=O)c2cncc(NCc3ccccc3F)c2)cc1. The van der Waals surface area contributed by atoms with E-state index in [-0.39, 0.29) is 24.2 Å². The number of halogens is 1. The summed E-state index contributed by atoms with van der Waals surface area (Å²) in [5, 5.41) is 8.49. The van der Waals surface area contributed by atoms with Gasteiger partial charge in [-0.2, -0.15) is 0 Å². The highest BCUT2D eigenvalue weighted by atomic mass is 19.1. The van der Waals surface area contributed by atoms with Gasteiger partial charge in [0, 0.05) is 42.8 Å². The molecule has 0 saturated heterocycles. The van der Waals surface area contributed by atoms with Gasteiger partial charge in [-0.1, -0.05) is 18.2 Å². The van der Waals surface area contributed by atoms with Gasteiger partial charge in [0.05, 0.1) is 11.3 Å². The van der Waals surface area contributed by atoms with Gasteiger partial charge in [-0.25, -0.2) is 4.39 Å². The number of rotatable bonds is 6. The minimum atomic E-state index is -0.325. The molecule has 0 aliphatic carbocycles. The Bertz CT molecular complexity index is 990. The first-order valence-corrected chi connectivity index (χ1v) is 8.62. The summed E-state index contributed by atoms with van der Waals surface area (Å²) in [6.45, 7) is 1.71. The highest BCUT2D eigenvalue weighted by molar-refractivity contribution is 6.04. The van der Waals surface area contributed by atoms with E-state index in [0.29, 0.717) is 28.2 Å². The summed E-state index contributed by atoms with van der Waals surface area (Å²) < 4.78 is 13.7. The summed E-state index contributed by atoms with van der Waals surface area (Å²) in [5.74, 6) is -0.781. The molecule has 6 nitrogen and oxygen atoms in total. The lowest BCUT2D eigenvalue weighted by Gasteiger charge is -2.10. The molecule has 0 saturated carbocycles. The molecule has 1 aromatic heterocycles. The van der Waals surface area contributed by atoms with Crippen LogP contribution in [0.1, 0.15) is 22.8 Å². The van der Waals surface area contributed by atoms with Gasteiger partial charge >= 0.3 is 0 Å². The van der Waals surface area contributed by atoms with Crippen LogP contribution >= 0.6 is 0 Å². The molecule has 0 aliphatic heterocycles. The van der Waals surface area contributed by atoms with Crippen LogP contribution in [0.5, 0.6) is 0 Å². The Morgan fingerprint density at radius 3 is 2.29 bits per heavy atom. The van der Waals surface area contributed by atoms with Crippen LogP contribution in [0.4, 0.5) is 21.5 Å². The third kappa shape index (κ3) is 5.14. The average molecular weight is 378 g/mol. The van der Waals surface area contributed by atoms with Crippen LogP contribution in [0.3, 0.4) is 0 Å². The van der Waals surface area contributed by atoms with Crippen LogP contribution in [0.15, 0.2) is 67.0 Å². The number of nitrogens with zero attached hydrogens (tertiary/aromatic N) is 1. The highest BCUT2D eigenvalue weighted by Gasteiger charge is 2.08. The van der Waals surface area contributed by atoms with E-state index in [1.165, 1.54) is 19.2 Å². The molecule has 0 unspecified atom stereocenters. The first-order chi connectivity index (χ1) is 13.5. The van der Waals surface area contributed by atoms with Crippen molar-refractivity contribution in [3.05, 3.63) is 83.9 Å². The lowest BCUT2D eigenvalue weighted by molar-refractivity contribution is -0.114. The number of aromatic nitrogens is 1. The van der Waals surface area contributed by atoms with Gasteiger partial charge in [-0.15, -0.1) is 0 Å². The number of carbonyl (C=O) groups excluding carboxylic acids is 2. The fourth-order valence-electron chi connectivity index (χ4n) is 2.54. The molecule has 2 amide bonds. The number of carbonyl (C=O) groups is 2. The predicted molar refractivity (Wildman–Crippen MR) is 107 cm³/mol. The van der Waals surface area contributed by atoms with Crippen LogP contribution in [-0.2, 0) is 11.3 Å². The molecule has 7 heteroatoms. The molecule has 3 aromatic rings. The van der Waals surface area contributed by atoms with E-state index in [1.807, 2.05) is 0 Å². The molecule has 2 aromatic carbocycles. The Kier molecular flexibility index (Phi) is 5.96. The van der Waals surface area contributed by atoms with Crippen molar-refractivity contribution < 1.29 is 14.0 Å². The van der Waals surface area contributed by atoms with Gasteiger partial charge in [0.15, 0.2) is 0 Å². The van der Waals surface area contributed by atoms with Crippen LogP contribution in [0.2, 0.25) is 0 Å². The van der Waals surface area contributed by atoms with Gasteiger partial charge < -0.3 is 16.0 Å². The van der Waals surface area contributed by atoms with E-state index >= 15 is 0 Å². The number of benzene rings is 2. The standard InChI is InChI=1S/C21H19FN4O2/c1-14(27)25-17-6-8-18(9-7-17)26-21(28)16-10-19(13-23-11-16)24-12-15-4-2-3-5-20(15)22/h2-11,13,24H,12H2,1H3,(H,25,27)(H,26,28). The molecule has 142 valence electrons. The summed E-state index contributed by atoms with van der Waals surface area (Å²) in [4.78, 5) is 27.6. The average Bonchev–Trinajstić information content (AvgIpc) is 2.69. The second-order valence-corrected chi connectivity index (χ2v) is 6.12. The lowest BCUT2D eigenvalue weighted by atomic mass is 10.2. The molecular formula is C21H19FN4O2. The summed E-state index contributed by atoms with van der Waals surface area (Å²) in [5.41, 5.74) is 2.73. The monoisotopic (exact) mass is 378 g/mol. The second kappa shape index (κ2) is 8.77. The van der Waals surface area contributed by atoms with E-state index in [1.54, 1.807) is 54.7 Å². The first-order valence-electron chi connectivity index (χ1n) is 8.62. The Balaban J connectivity index is 1.63. The largest absolute Gasteiger partial charge is 0.380 e. The number of nitrogens with one attached hydrogen (secondary N) is 3. The summed E-state index contributed by atoms with van der Waals surface area (Å²) in [6.07, 6.45) is 3.02. The Morgan fingerprint density at radius 1 is 0.929 bits per heavy atom. The van der Waals surface area contributed by atoms with Gasteiger partial charge in [-0.05, 0) is 36.4 Å². The Labute approximate surface area is 161 Å². The Morgan fingerprint density at radius 2 is 1.61 bits per heavy atom. The van der Waals surface area contributed by atoms with Crippen molar-refractivity contribution in [2.75, 3.05) is 16.0 Å². The molecule has 0 atom stereocenters. The predicted octanol–water partition coefficient (Wildman–Crippen LogP) is 4.04. The van der Waals surface area contributed by atoms with Crippen LogP contribution < -0.4 is 16.0 Å². The molecule has 3 rings (SSSR count). The number of hydrogen-bond donors (Lipinski definition) is 3. The first kappa shape index (κ1) is 19.0. The third-order valence-corrected chi connectivity index (χ3v) is 3.90. The zero-order chi connectivity index (χ0) is 19.9. The van der Waals surface area contributed by atoms with E-state index < -0.39 is 0 Å². The van der Waals surface area contributed by atoms with Crippen LogP contribution in [0.25, 0.3) is 0 Å². The van der Waals surface area contributed by atoms with Crippen molar-refractivity contribution in [1.82, 2.24) is 4.98 Å². The molecular weight excluding hydrogens is 359 g/mol. The third-order valence-electron chi connectivity index (χ3n) is 3.90. The van der Waals surface area contributed by atoms with Crippen molar-refractivity contribution in [3.63, 3.8) is 0 Å². The van der Waals surface area contributed by atoms with Crippen molar-refractivity contribution in [3.8, 4) is 0 Å². The fourth-order valence-corrected chi connectivity index (χ4v) is 2.54. The quantitative estimate of drug-likeness (QED) is 0.604. The van der Waals surface area contributed by atoms with Crippen molar-refractivity contribution in [1.29, 1.82) is 0 Å². The van der Waals surface area contributed by atoms with Crippen LogP contribution in [0, 0.1) is 5.82 Å². The lowest BCUT2D eigenvalue weighted by Crippen LogP contribution is -2.13. The number of pyridine rings is 1. The van der Waals surface area contributed by atoms with Crippen LogP contribution in [-0.4, -0.2) is 16.8 Å². The zero-order valence-corrected chi connectivity index (χ0v) is 15.2. The molecule has 0 aliphatic rings. The number of anilines is 3. The van der Waals surface area contributed by atoms with Gasteiger partial charge in [0.2, 0.25) is 5.91 Å². The van der Waals surface area contributed by atoms with E-state index in [4.69, 9.17) is 0 Å². The molecule has 1 heterocycles. The molecule has 28 heavy (non-hydrogen) atoms. The van der Waals surface area contributed by atoms with Crippen molar-refractivity contribution in [2.45, 2.75) is 13.5 Å². The summed E-state index contributed by atoms with van der Waals surface area (Å²) >= 11 is 0. The normalized spacial score (nSPS) is 10.2. The summed E-state index contributed by atoms with van der Waals surface area (Å²) in [6, 6.07) is 14.9. The maximum Gasteiger partial charge on any atom is 0.257 e. The smallest absolute Gasteiger partial charge is 0.257 e. The molecule has 0 bridgehead atoms. The van der Waals surface area contributed by atoms with Gasteiger partial charge in [-0.3, -0.25) is 14.6 Å². The second-order valence-electron chi connectivity index (χ2n) is 6.12. The number of amides is 2. The fraction of sp³-hybridized carbons (Fsp3) is 0.0952. The minimum Gasteiger partial charge on any atom is -0.380 e. The zero-order valence-electron chi connectivity index (χ0n) is 15.2. The summed E-state index contributed by atoms with van der Waals surface area (Å²) in [7, 11) is 0. The molecule has 3 N–H and O–H groups in total. The maximum absolute atomic E-state index is 13.7. The molecule has 0 fully saturated rings. The minimum absolute atomic E-state index is 0.164. The topological polar surface area (TPSA) is 83.1 Å². The molecule has 0 radical (unpaired) electrons. The van der Waals surface area contributed by atoms with Crippen molar-refractivity contribution >= 4 is 28.9 Å². The van der Waals surface area contributed by atoms with Gasteiger partial charge in [0.25, 0.3) is 5.91 Å². The number of hydrogen-bond acceptors (Lipinski definition) is 4. The van der Waals surface area contributed by atoms with Crippen molar-refractivity contribution in [2.24, 2.45) is 0 Å². The molecule has 0 spiro atoms. The maximum atomic E-state index is 13.7. The highest BCUT2D eigenvalue weighted by Crippen LogP contribution is 2.16. The van der Waals surface area contributed by atoms with E-state index in [0.717, 1.165) is 0 Å². The van der Waals surface area contributed by atoms with E-state index in [9.17, 15) is 14.0 Å².